The molecule has 2 heterocycles. The van der Waals surface area contributed by atoms with Crippen molar-refractivity contribution in [2.75, 3.05) is 14.2 Å². The van der Waals surface area contributed by atoms with E-state index in [1.54, 1.807) is 36.1 Å². The normalized spacial score (nSPS) is 18.7. The minimum absolute atomic E-state index is 0.220. The molecular weight excluding hydrogens is 368 g/mol. The molecule has 0 amide bonds. The molecule has 138 valence electrons. The summed E-state index contributed by atoms with van der Waals surface area (Å²) in [5.41, 5.74) is 8.02. The zero-order valence-corrected chi connectivity index (χ0v) is 15.7. The van der Waals surface area contributed by atoms with Crippen LogP contribution in [0, 0.1) is 11.3 Å². The molecule has 0 unspecified atom stereocenters. The van der Waals surface area contributed by atoms with E-state index in [1.807, 2.05) is 6.07 Å². The van der Waals surface area contributed by atoms with Crippen LogP contribution in [0.1, 0.15) is 28.9 Å². The topological polar surface area (TPSA) is 118 Å². The van der Waals surface area contributed by atoms with E-state index >= 15 is 0 Å². The smallest absolute Gasteiger partial charge is 0.338 e. The lowest BCUT2D eigenvalue weighted by Gasteiger charge is -2.34. The Morgan fingerprint density at radius 3 is 2.41 bits per heavy atom. The van der Waals surface area contributed by atoms with E-state index in [-0.39, 0.29) is 5.82 Å². The molecule has 0 saturated carbocycles. The molecule has 3 rings (SSSR count). The van der Waals surface area contributed by atoms with Gasteiger partial charge in [-0.3, -0.25) is 4.90 Å². The van der Waals surface area contributed by atoms with Crippen molar-refractivity contribution in [2.45, 2.75) is 13.0 Å². The van der Waals surface area contributed by atoms with Gasteiger partial charge < -0.3 is 15.2 Å². The zero-order chi connectivity index (χ0) is 19.7. The monoisotopic (exact) mass is 384 g/mol. The summed E-state index contributed by atoms with van der Waals surface area (Å²) >= 11 is 1.15. The lowest BCUT2D eigenvalue weighted by atomic mass is 9.94. The Bertz CT molecular complexity index is 957. The molecule has 0 saturated heterocycles. The Labute approximate surface area is 159 Å². The number of hydrogen-bond donors (Lipinski definition) is 1. The number of fused-ring (bicyclic) bond motifs is 1. The number of amidine groups is 1. The number of thioether (sulfide) groups is 1. The number of carbonyl (C=O) groups is 2. The van der Waals surface area contributed by atoms with Gasteiger partial charge in [0.1, 0.15) is 16.8 Å². The maximum atomic E-state index is 12.4. The molecule has 2 N–H and O–H groups in total. The molecule has 1 atom stereocenters. The predicted octanol–water partition coefficient (Wildman–Crippen LogP) is 2.03. The second-order valence-corrected chi connectivity index (χ2v) is 6.68. The highest BCUT2D eigenvalue weighted by Gasteiger charge is 2.42. The number of ether oxygens (including phenoxy) is 2. The number of nitrogens with zero attached hydrogens (tertiary/aromatic N) is 3. The van der Waals surface area contributed by atoms with Gasteiger partial charge in [-0.25, -0.2) is 14.6 Å². The van der Waals surface area contributed by atoms with E-state index in [4.69, 9.17) is 15.2 Å². The first-order valence-electron chi connectivity index (χ1n) is 7.85. The van der Waals surface area contributed by atoms with Gasteiger partial charge in [0.25, 0.3) is 0 Å². The van der Waals surface area contributed by atoms with Gasteiger partial charge in [0, 0.05) is 0 Å². The van der Waals surface area contributed by atoms with Gasteiger partial charge in [0.15, 0.2) is 5.17 Å². The third-order valence-electron chi connectivity index (χ3n) is 4.23. The van der Waals surface area contributed by atoms with Crippen LogP contribution in [-0.4, -0.2) is 36.2 Å². The van der Waals surface area contributed by atoms with Crippen LogP contribution < -0.4 is 5.73 Å². The Hall–Kier alpha value is -3.25. The number of methoxy groups -OCH3 is 2. The van der Waals surface area contributed by atoms with E-state index in [1.165, 1.54) is 14.2 Å². The Balaban J connectivity index is 2.14. The summed E-state index contributed by atoms with van der Waals surface area (Å²) in [6, 6.07) is 8.03. The fourth-order valence-corrected chi connectivity index (χ4v) is 3.86. The maximum Gasteiger partial charge on any atom is 0.338 e. The van der Waals surface area contributed by atoms with Crippen molar-refractivity contribution in [1.82, 2.24) is 4.90 Å². The second-order valence-electron chi connectivity index (χ2n) is 5.70. The summed E-state index contributed by atoms with van der Waals surface area (Å²) in [6.45, 7) is 1.70. The van der Waals surface area contributed by atoms with Gasteiger partial charge in [0.2, 0.25) is 0 Å². The molecule has 9 heteroatoms. The highest BCUT2D eigenvalue weighted by Crippen LogP contribution is 2.45. The van der Waals surface area contributed by atoms with Crippen LogP contribution in [-0.2, 0) is 14.3 Å². The number of benzene rings is 1. The molecule has 0 aromatic heterocycles. The SMILES string of the molecule is COC(=O)C1=C(C)N=C2SC(C#N)=C(N)N2[C@H]1c1ccc(C(=O)OC)cc1. The Kier molecular flexibility index (Phi) is 4.92. The Morgan fingerprint density at radius 2 is 1.85 bits per heavy atom. The summed E-state index contributed by atoms with van der Waals surface area (Å²) in [4.78, 5) is 30.5. The number of nitriles is 1. The average Bonchev–Trinajstić information content (AvgIpc) is 3.01. The zero-order valence-electron chi connectivity index (χ0n) is 14.8. The van der Waals surface area contributed by atoms with Crippen LogP contribution >= 0.6 is 11.8 Å². The molecule has 1 aromatic carbocycles. The fourth-order valence-electron chi connectivity index (χ4n) is 2.95. The van der Waals surface area contributed by atoms with Crippen LogP contribution in [0.25, 0.3) is 0 Å². The van der Waals surface area contributed by atoms with Crippen molar-refractivity contribution in [3.05, 3.63) is 57.4 Å². The fraction of sp³-hybridized carbons (Fsp3) is 0.222. The summed E-state index contributed by atoms with van der Waals surface area (Å²) in [6.07, 6.45) is 0. The van der Waals surface area contributed by atoms with E-state index in [0.717, 1.165) is 11.8 Å². The van der Waals surface area contributed by atoms with Crippen LogP contribution in [0.2, 0.25) is 0 Å². The molecule has 0 fully saturated rings. The lowest BCUT2D eigenvalue weighted by molar-refractivity contribution is -0.136. The number of carbonyl (C=O) groups excluding carboxylic acids is 2. The van der Waals surface area contributed by atoms with E-state index < -0.39 is 18.0 Å². The minimum Gasteiger partial charge on any atom is -0.466 e. The molecule has 0 spiro atoms. The van der Waals surface area contributed by atoms with Gasteiger partial charge in [-0.15, -0.1) is 0 Å². The number of hydrogen-bond acceptors (Lipinski definition) is 9. The highest BCUT2D eigenvalue weighted by molar-refractivity contribution is 8.17. The summed E-state index contributed by atoms with van der Waals surface area (Å²) in [7, 11) is 2.59. The first-order valence-corrected chi connectivity index (χ1v) is 8.67. The highest BCUT2D eigenvalue weighted by atomic mass is 32.2. The molecule has 0 bridgehead atoms. The molecular formula is C18H16N4O4S. The van der Waals surface area contributed by atoms with Crippen LogP contribution in [0.5, 0.6) is 0 Å². The molecule has 27 heavy (non-hydrogen) atoms. The summed E-state index contributed by atoms with van der Waals surface area (Å²) in [5, 5.41) is 9.82. The van der Waals surface area contributed by atoms with Crippen molar-refractivity contribution < 1.29 is 19.1 Å². The lowest BCUT2D eigenvalue weighted by Crippen LogP contribution is -2.38. The van der Waals surface area contributed by atoms with Crippen molar-refractivity contribution >= 4 is 28.9 Å². The number of rotatable bonds is 3. The number of esters is 2. The maximum absolute atomic E-state index is 12.4. The third kappa shape index (κ3) is 3.04. The van der Waals surface area contributed by atoms with Gasteiger partial charge in [-0.1, -0.05) is 12.1 Å². The van der Waals surface area contributed by atoms with Crippen LogP contribution in [0.15, 0.2) is 51.3 Å². The van der Waals surface area contributed by atoms with Gasteiger partial charge in [0.05, 0.1) is 37.1 Å². The van der Waals surface area contributed by atoms with Gasteiger partial charge in [-0.05, 0) is 36.4 Å². The summed E-state index contributed by atoms with van der Waals surface area (Å²) in [5.74, 6) is -0.784. The molecule has 0 aliphatic carbocycles. The largest absolute Gasteiger partial charge is 0.466 e. The van der Waals surface area contributed by atoms with Gasteiger partial charge in [-0.2, -0.15) is 5.26 Å². The number of aliphatic imine (C=N–C) groups is 1. The number of allylic oxidation sites excluding steroid dienone is 2. The predicted molar refractivity (Wildman–Crippen MR) is 98.9 cm³/mol. The van der Waals surface area contributed by atoms with Crippen molar-refractivity contribution in [3.63, 3.8) is 0 Å². The van der Waals surface area contributed by atoms with E-state index in [0.29, 0.717) is 32.5 Å². The average molecular weight is 384 g/mol. The van der Waals surface area contributed by atoms with Crippen molar-refractivity contribution in [3.8, 4) is 6.07 Å². The van der Waals surface area contributed by atoms with Crippen molar-refractivity contribution in [1.29, 1.82) is 5.26 Å². The molecule has 2 aliphatic rings. The summed E-state index contributed by atoms with van der Waals surface area (Å²) < 4.78 is 9.64. The quantitative estimate of drug-likeness (QED) is 0.787. The first-order chi connectivity index (χ1) is 12.9. The standard InChI is InChI=1S/C18H16N4O4S/c1-9-13(17(24)26-3)14(10-4-6-11(7-5-10)16(23)25-2)22-15(20)12(8-19)27-18(22)21-9/h4-7,14H,20H2,1-3H3/t14-/m0/s1. The second kappa shape index (κ2) is 7.17. The van der Waals surface area contributed by atoms with Crippen LogP contribution in [0.3, 0.4) is 0 Å². The third-order valence-corrected chi connectivity index (χ3v) is 5.21. The number of nitrogens with two attached hydrogens (primary N) is 1. The van der Waals surface area contributed by atoms with E-state index in [2.05, 4.69) is 4.99 Å². The van der Waals surface area contributed by atoms with E-state index in [9.17, 15) is 14.9 Å². The van der Waals surface area contributed by atoms with Crippen LogP contribution in [0.4, 0.5) is 0 Å². The molecule has 2 aliphatic heterocycles. The minimum atomic E-state index is -0.630. The first kappa shape index (κ1) is 18.5. The van der Waals surface area contributed by atoms with Crippen molar-refractivity contribution in [2.24, 2.45) is 10.7 Å². The molecule has 1 aromatic rings. The Morgan fingerprint density at radius 1 is 1.22 bits per heavy atom. The van der Waals surface area contributed by atoms with Gasteiger partial charge >= 0.3 is 11.9 Å². The molecule has 0 radical (unpaired) electrons. The molecule has 8 nitrogen and oxygen atoms in total.